The van der Waals surface area contributed by atoms with E-state index in [9.17, 15) is 22.4 Å². The zero-order chi connectivity index (χ0) is 26.7. The van der Waals surface area contributed by atoms with Crippen LogP contribution < -0.4 is 19.6 Å². The van der Waals surface area contributed by atoms with Crippen LogP contribution in [0.5, 0.6) is 5.75 Å². The molecule has 0 bridgehead atoms. The Morgan fingerprint density at radius 1 is 1.14 bits per heavy atom. The van der Waals surface area contributed by atoms with Gasteiger partial charge in [-0.25, -0.2) is 0 Å². The van der Waals surface area contributed by atoms with Gasteiger partial charge in [0, 0.05) is 41.1 Å². The summed E-state index contributed by atoms with van der Waals surface area (Å²) in [6.45, 7) is 3.92. The molecule has 0 saturated heterocycles. The number of rotatable bonds is 7. The van der Waals surface area contributed by atoms with E-state index in [4.69, 9.17) is 4.84 Å². The topological polar surface area (TPSA) is 67.2 Å². The molecule has 37 heavy (non-hydrogen) atoms. The number of nitrogens with one attached hydrogen (secondary N) is 2. The van der Waals surface area contributed by atoms with Gasteiger partial charge in [0.1, 0.15) is 12.9 Å². The Morgan fingerprint density at radius 2 is 1.86 bits per heavy atom. The number of aromatic amines is 1. The Labute approximate surface area is 212 Å². The van der Waals surface area contributed by atoms with Crippen LogP contribution in [0.2, 0.25) is 0 Å². The predicted molar refractivity (Wildman–Crippen MR) is 129 cm³/mol. The highest BCUT2D eigenvalue weighted by molar-refractivity contribution is 6.00. The third-order valence-electron chi connectivity index (χ3n) is 6.88. The van der Waals surface area contributed by atoms with Gasteiger partial charge in [-0.15, -0.1) is 13.2 Å². The number of hydrogen-bond acceptors (Lipinski definition) is 3. The molecule has 2 heterocycles. The van der Waals surface area contributed by atoms with Crippen LogP contribution in [-0.2, 0) is 0 Å². The fraction of sp³-hybridized carbons (Fsp3) is 0.407. The molecule has 1 aliphatic rings. The highest BCUT2D eigenvalue weighted by Gasteiger charge is 2.31. The van der Waals surface area contributed by atoms with Crippen LogP contribution in [0.25, 0.3) is 11.3 Å². The van der Waals surface area contributed by atoms with Gasteiger partial charge < -0.3 is 15.0 Å². The average molecular weight is 521 g/mol. The zero-order valence-corrected chi connectivity index (χ0v) is 20.9. The minimum absolute atomic E-state index is 0.113. The fourth-order valence-electron chi connectivity index (χ4n) is 5.01. The van der Waals surface area contributed by atoms with Crippen LogP contribution >= 0.6 is 0 Å². The highest BCUT2D eigenvalue weighted by Crippen LogP contribution is 2.37. The molecule has 0 radical (unpaired) electrons. The van der Waals surface area contributed by atoms with Gasteiger partial charge >= 0.3 is 6.36 Å². The Hall–Kier alpha value is -3.56. The fourth-order valence-corrected chi connectivity index (χ4v) is 5.01. The molecule has 1 saturated carbocycles. The molecule has 1 aliphatic carbocycles. The van der Waals surface area contributed by atoms with Crippen molar-refractivity contribution in [1.29, 1.82) is 0 Å². The first-order chi connectivity index (χ1) is 17.6. The van der Waals surface area contributed by atoms with Crippen LogP contribution in [0.1, 0.15) is 58.9 Å². The molecular weight excluding hydrogens is 490 g/mol. The van der Waals surface area contributed by atoms with Crippen molar-refractivity contribution in [2.45, 2.75) is 51.8 Å². The molecule has 6 nitrogen and oxygen atoms in total. The van der Waals surface area contributed by atoms with Crippen LogP contribution in [0.3, 0.4) is 0 Å². The van der Waals surface area contributed by atoms with Crippen molar-refractivity contribution < 1.29 is 36.7 Å². The molecule has 1 amide bonds. The second-order valence-corrected chi connectivity index (χ2v) is 9.42. The maximum absolute atomic E-state index is 14.8. The molecule has 0 unspecified atom stereocenters. The van der Waals surface area contributed by atoms with Crippen molar-refractivity contribution in [3.8, 4) is 17.0 Å². The molecule has 1 fully saturated rings. The van der Waals surface area contributed by atoms with Gasteiger partial charge in [0.15, 0.2) is 5.82 Å². The van der Waals surface area contributed by atoms with Gasteiger partial charge in [-0.3, -0.25) is 9.63 Å². The van der Waals surface area contributed by atoms with Gasteiger partial charge in [0.05, 0.1) is 11.3 Å². The summed E-state index contributed by atoms with van der Waals surface area (Å²) >= 11 is 0. The van der Waals surface area contributed by atoms with E-state index in [1.807, 2.05) is 0 Å². The predicted octanol–water partition coefficient (Wildman–Crippen LogP) is 5.39. The Bertz CT molecular complexity index is 1260. The molecule has 0 spiro atoms. The molecular formula is C27H30F4N3O3+. The van der Waals surface area contributed by atoms with Crippen LogP contribution in [0.4, 0.5) is 17.6 Å². The Balaban J connectivity index is 1.38. The number of alkyl halides is 3. The third kappa shape index (κ3) is 6.23. The van der Waals surface area contributed by atoms with Gasteiger partial charge in [-0.2, -0.15) is 4.39 Å². The Morgan fingerprint density at radius 3 is 2.54 bits per heavy atom. The maximum atomic E-state index is 14.8. The van der Waals surface area contributed by atoms with Gasteiger partial charge in [-0.05, 0) is 62.6 Å². The van der Waals surface area contributed by atoms with Crippen molar-refractivity contribution in [3.63, 3.8) is 0 Å². The minimum atomic E-state index is -4.81. The smallest absolute Gasteiger partial charge is 0.406 e. The number of halogens is 4. The number of aryl methyl sites for hydroxylation is 1. The monoisotopic (exact) mass is 520 g/mol. The lowest BCUT2D eigenvalue weighted by atomic mass is 9.78. The number of benzene rings is 1. The number of ether oxygens (including phenoxy) is 1. The van der Waals surface area contributed by atoms with Crippen LogP contribution in [-0.4, -0.2) is 30.9 Å². The summed E-state index contributed by atoms with van der Waals surface area (Å²) in [6, 6.07) is 8.95. The van der Waals surface area contributed by atoms with E-state index in [0.717, 1.165) is 25.7 Å². The van der Waals surface area contributed by atoms with Crippen molar-refractivity contribution in [2.24, 2.45) is 5.92 Å². The molecule has 198 valence electrons. The number of carbonyl (C=O) groups excluding carboxylic acids is 1. The maximum Gasteiger partial charge on any atom is 0.573 e. The van der Waals surface area contributed by atoms with Gasteiger partial charge in [0.2, 0.25) is 6.20 Å². The summed E-state index contributed by atoms with van der Waals surface area (Å²) < 4.78 is 58.2. The lowest BCUT2D eigenvalue weighted by molar-refractivity contribution is -0.890. The van der Waals surface area contributed by atoms with E-state index in [2.05, 4.69) is 15.0 Å². The average Bonchev–Trinajstić information content (AvgIpc) is 3.25. The SMILES string of the molecule is CO[n+]1ccc(C2CCC(CNC(=O)c3cc(C)[nH]c3-c3cccc(OC(F)(F)F)c3)CC2)c(F)c1C. The summed E-state index contributed by atoms with van der Waals surface area (Å²) in [5.74, 6) is -0.549. The van der Waals surface area contributed by atoms with E-state index in [0.29, 0.717) is 40.3 Å². The zero-order valence-electron chi connectivity index (χ0n) is 20.9. The van der Waals surface area contributed by atoms with Gasteiger partial charge in [-0.1, -0.05) is 12.1 Å². The molecule has 3 aromatic rings. The summed E-state index contributed by atoms with van der Waals surface area (Å²) in [5.41, 5.74) is 3.02. The number of aromatic nitrogens is 2. The molecule has 0 aliphatic heterocycles. The standard InChI is InChI=1S/C27H29F4N3O3/c1-16-13-23(25(33-16)20-5-4-6-21(14-20)37-27(29,30)31)26(35)32-15-18-7-9-19(10-8-18)22-11-12-34(36-3)17(2)24(22)28/h4-6,11-14,18-19H,7-10,15H2,1-3H3,(H-,32,33,35)/p+1. The molecule has 0 atom stereocenters. The largest absolute Gasteiger partial charge is 0.573 e. The molecule has 2 aromatic heterocycles. The van der Waals surface area contributed by atoms with E-state index in [-0.39, 0.29) is 29.3 Å². The van der Waals surface area contributed by atoms with E-state index in [1.165, 1.54) is 30.0 Å². The third-order valence-corrected chi connectivity index (χ3v) is 6.88. The highest BCUT2D eigenvalue weighted by atomic mass is 19.4. The van der Waals surface area contributed by atoms with Crippen molar-refractivity contribution >= 4 is 5.91 Å². The number of pyridine rings is 1. The summed E-state index contributed by atoms with van der Waals surface area (Å²) in [7, 11) is 1.49. The number of hydrogen-bond donors (Lipinski definition) is 2. The summed E-state index contributed by atoms with van der Waals surface area (Å²) in [5, 5.41) is 2.97. The molecule has 1 aromatic carbocycles. The lowest BCUT2D eigenvalue weighted by Gasteiger charge is -2.29. The molecule has 10 heteroatoms. The second kappa shape index (κ2) is 10.8. The number of amides is 1. The second-order valence-electron chi connectivity index (χ2n) is 9.42. The van der Waals surface area contributed by atoms with Crippen molar-refractivity contribution in [3.05, 3.63) is 70.9 Å². The van der Waals surface area contributed by atoms with E-state index < -0.39 is 6.36 Å². The quantitative estimate of drug-likeness (QED) is 0.325. The normalized spacial score (nSPS) is 17.9. The first kappa shape index (κ1) is 26.5. The van der Waals surface area contributed by atoms with E-state index >= 15 is 0 Å². The lowest BCUT2D eigenvalue weighted by Crippen LogP contribution is -2.44. The molecule has 4 rings (SSSR count). The number of nitrogens with zero attached hydrogens (tertiary/aromatic N) is 1. The van der Waals surface area contributed by atoms with Gasteiger partial charge in [0.25, 0.3) is 11.6 Å². The molecule has 2 N–H and O–H groups in total. The summed E-state index contributed by atoms with van der Waals surface area (Å²) in [4.78, 5) is 21.2. The number of carbonyl (C=O) groups is 1. The van der Waals surface area contributed by atoms with E-state index in [1.54, 1.807) is 38.2 Å². The van der Waals surface area contributed by atoms with Crippen LogP contribution in [0, 0.1) is 25.6 Å². The first-order valence-electron chi connectivity index (χ1n) is 12.1. The Kier molecular flexibility index (Phi) is 7.75. The van der Waals surface area contributed by atoms with Crippen molar-refractivity contribution in [2.75, 3.05) is 13.7 Å². The first-order valence-corrected chi connectivity index (χ1v) is 12.1. The number of H-pyrrole nitrogens is 1. The van der Waals surface area contributed by atoms with Crippen LogP contribution in [0.15, 0.2) is 42.6 Å². The minimum Gasteiger partial charge on any atom is -0.406 e. The van der Waals surface area contributed by atoms with Crippen molar-refractivity contribution in [1.82, 2.24) is 10.3 Å². The summed E-state index contributed by atoms with van der Waals surface area (Å²) in [6.07, 6.45) is 0.238.